The average Bonchev–Trinajstić information content (AvgIpc) is 3.63. The monoisotopic (exact) mass is 737 g/mol. The summed E-state index contributed by atoms with van der Waals surface area (Å²) in [5.41, 5.74) is 19.5. The van der Waals surface area contributed by atoms with Crippen molar-refractivity contribution in [3.63, 3.8) is 0 Å². The Kier molecular flexibility index (Phi) is 7.33. The second kappa shape index (κ2) is 13.0. The van der Waals surface area contributed by atoms with Crippen LogP contribution in [0.2, 0.25) is 0 Å². The van der Waals surface area contributed by atoms with Crippen molar-refractivity contribution in [1.82, 2.24) is 4.57 Å². The van der Waals surface area contributed by atoms with Gasteiger partial charge >= 0.3 is 0 Å². The summed E-state index contributed by atoms with van der Waals surface area (Å²) < 4.78 is 2.39. The molecular formula is C54H36BN3. The molecule has 4 heteroatoms. The Bertz CT molecular complexity index is 3170. The number of anilines is 6. The largest absolute Gasteiger partial charge is 0.311 e. The highest BCUT2D eigenvalue weighted by atomic mass is 15.2. The normalized spacial score (nSPS) is 12.7. The molecule has 0 radical (unpaired) electrons. The molecule has 3 heterocycles. The number of fused-ring (bicyclic) bond motifs is 7. The molecule has 0 atom stereocenters. The van der Waals surface area contributed by atoms with Crippen molar-refractivity contribution in [2.24, 2.45) is 0 Å². The standard InChI is InChI=1S/C54H36BN3/c1-4-16-40(17-5-1)56-48-26-12-10-22-44(48)45-35-34-39(36-52(45)56)37-30-32-38(33-31-37)43-23-14-25-47-54(43)58(42-20-8-3-9-21-42)51-29-15-28-50-53(51)55(47)46-24-11-13-27-49(46)57(50)41-18-6-2-7-19-41/h1-36H. The van der Waals surface area contributed by atoms with Crippen LogP contribution in [0.4, 0.5) is 34.1 Å². The molecule has 2 aliphatic rings. The number of rotatable bonds is 5. The lowest BCUT2D eigenvalue weighted by Crippen LogP contribution is -2.61. The van der Waals surface area contributed by atoms with Crippen LogP contribution in [0.15, 0.2) is 218 Å². The van der Waals surface area contributed by atoms with Gasteiger partial charge in [0.05, 0.1) is 11.0 Å². The van der Waals surface area contributed by atoms with E-state index in [1.54, 1.807) is 0 Å². The molecule has 12 rings (SSSR count). The van der Waals surface area contributed by atoms with Crippen LogP contribution in [-0.4, -0.2) is 11.3 Å². The van der Waals surface area contributed by atoms with Crippen LogP contribution in [-0.2, 0) is 0 Å². The zero-order chi connectivity index (χ0) is 38.2. The van der Waals surface area contributed by atoms with Crippen molar-refractivity contribution in [2.45, 2.75) is 0 Å². The molecule has 10 aromatic rings. The van der Waals surface area contributed by atoms with E-state index in [9.17, 15) is 0 Å². The van der Waals surface area contributed by atoms with Gasteiger partial charge in [0.15, 0.2) is 0 Å². The van der Waals surface area contributed by atoms with Crippen LogP contribution in [0.5, 0.6) is 0 Å². The van der Waals surface area contributed by atoms with Gasteiger partial charge in [-0.2, -0.15) is 0 Å². The van der Waals surface area contributed by atoms with E-state index in [1.165, 1.54) is 88.9 Å². The number of hydrogen-bond donors (Lipinski definition) is 0. The molecule has 0 unspecified atom stereocenters. The van der Waals surface area contributed by atoms with Gasteiger partial charge in [-0.05, 0) is 99.8 Å². The van der Waals surface area contributed by atoms with Crippen molar-refractivity contribution in [3.8, 4) is 27.9 Å². The first-order valence-electron chi connectivity index (χ1n) is 20.1. The van der Waals surface area contributed by atoms with Gasteiger partial charge in [-0.25, -0.2) is 0 Å². The number of para-hydroxylation sites is 6. The van der Waals surface area contributed by atoms with Crippen LogP contribution in [0, 0.1) is 0 Å². The first-order chi connectivity index (χ1) is 28.8. The van der Waals surface area contributed by atoms with E-state index in [4.69, 9.17) is 0 Å². The van der Waals surface area contributed by atoms with E-state index in [0.29, 0.717) is 0 Å². The van der Waals surface area contributed by atoms with Crippen LogP contribution in [0.1, 0.15) is 0 Å². The first-order valence-corrected chi connectivity index (χ1v) is 20.1. The Morgan fingerprint density at radius 1 is 0.328 bits per heavy atom. The summed E-state index contributed by atoms with van der Waals surface area (Å²) in [6.45, 7) is 0.0691. The predicted octanol–water partition coefficient (Wildman–Crippen LogP) is 12.2. The SMILES string of the molecule is c1ccc(N2c3ccccc3B3c4cccc(-c5ccc(-c6ccc7c8ccccc8n(-c8ccccc8)c7c6)cc5)c4N(c4ccccc4)c4cccc2c43)cc1. The molecule has 0 spiro atoms. The fourth-order valence-corrected chi connectivity index (χ4v) is 9.72. The minimum atomic E-state index is 0.0691. The number of benzene rings is 9. The van der Waals surface area contributed by atoms with Gasteiger partial charge in [-0.3, -0.25) is 0 Å². The first kappa shape index (κ1) is 32.7. The quantitative estimate of drug-likeness (QED) is 0.163. The van der Waals surface area contributed by atoms with Crippen molar-refractivity contribution in [3.05, 3.63) is 218 Å². The molecule has 0 fully saturated rings. The maximum atomic E-state index is 2.50. The van der Waals surface area contributed by atoms with Gasteiger partial charge in [0.25, 0.3) is 6.71 Å². The topological polar surface area (TPSA) is 11.4 Å². The van der Waals surface area contributed by atoms with E-state index in [0.717, 1.165) is 11.4 Å². The van der Waals surface area contributed by atoms with E-state index in [-0.39, 0.29) is 6.71 Å². The molecule has 270 valence electrons. The third kappa shape index (κ3) is 4.88. The van der Waals surface area contributed by atoms with E-state index >= 15 is 0 Å². The van der Waals surface area contributed by atoms with Gasteiger partial charge in [0.1, 0.15) is 0 Å². The van der Waals surface area contributed by atoms with Crippen LogP contribution >= 0.6 is 0 Å². The third-order valence-corrected chi connectivity index (χ3v) is 12.2. The second-order valence-electron chi connectivity index (χ2n) is 15.3. The molecule has 58 heavy (non-hydrogen) atoms. The lowest BCUT2D eigenvalue weighted by molar-refractivity contribution is 1.18. The molecule has 0 aliphatic carbocycles. The summed E-state index contributed by atoms with van der Waals surface area (Å²) in [4.78, 5) is 4.94. The smallest absolute Gasteiger partial charge is 0.252 e. The Morgan fingerprint density at radius 2 is 0.862 bits per heavy atom. The van der Waals surface area contributed by atoms with Crippen molar-refractivity contribution < 1.29 is 0 Å². The van der Waals surface area contributed by atoms with E-state index < -0.39 is 0 Å². The zero-order valence-electron chi connectivity index (χ0n) is 31.7. The Labute approximate surface area is 338 Å². The molecule has 1 aromatic heterocycles. The molecule has 9 aromatic carbocycles. The van der Waals surface area contributed by atoms with Gasteiger partial charge in [0.2, 0.25) is 0 Å². The van der Waals surface area contributed by atoms with Crippen LogP contribution < -0.4 is 26.2 Å². The number of hydrogen-bond acceptors (Lipinski definition) is 2. The Hall–Kier alpha value is -7.56. The van der Waals surface area contributed by atoms with Crippen molar-refractivity contribution in [1.29, 1.82) is 0 Å². The second-order valence-corrected chi connectivity index (χ2v) is 15.3. The maximum absolute atomic E-state index is 2.50. The third-order valence-electron chi connectivity index (χ3n) is 12.2. The minimum absolute atomic E-state index is 0.0691. The number of nitrogens with zero attached hydrogens (tertiary/aromatic N) is 3. The molecular weight excluding hydrogens is 701 g/mol. The molecule has 3 nitrogen and oxygen atoms in total. The van der Waals surface area contributed by atoms with Crippen molar-refractivity contribution in [2.75, 3.05) is 9.80 Å². The molecule has 0 saturated heterocycles. The molecule has 0 amide bonds. The predicted molar refractivity (Wildman–Crippen MR) is 246 cm³/mol. The maximum Gasteiger partial charge on any atom is 0.252 e. The molecule has 2 aliphatic heterocycles. The average molecular weight is 738 g/mol. The molecule has 0 bridgehead atoms. The summed E-state index contributed by atoms with van der Waals surface area (Å²) in [5, 5.41) is 2.53. The lowest BCUT2D eigenvalue weighted by atomic mass is 9.33. The van der Waals surface area contributed by atoms with Crippen LogP contribution in [0.25, 0.3) is 49.7 Å². The van der Waals surface area contributed by atoms with Gasteiger partial charge in [0, 0.05) is 56.1 Å². The minimum Gasteiger partial charge on any atom is -0.311 e. The Morgan fingerprint density at radius 3 is 1.62 bits per heavy atom. The summed E-state index contributed by atoms with van der Waals surface area (Å²) >= 11 is 0. The van der Waals surface area contributed by atoms with Gasteiger partial charge in [-0.1, -0.05) is 152 Å². The van der Waals surface area contributed by atoms with Crippen LogP contribution in [0.3, 0.4) is 0 Å². The number of aromatic nitrogens is 1. The molecule has 0 N–H and O–H groups in total. The zero-order valence-corrected chi connectivity index (χ0v) is 31.7. The summed E-state index contributed by atoms with van der Waals surface area (Å²) in [7, 11) is 0. The summed E-state index contributed by atoms with van der Waals surface area (Å²) in [5.74, 6) is 0. The lowest BCUT2D eigenvalue weighted by Gasteiger charge is -2.44. The molecule has 0 saturated carbocycles. The fourth-order valence-electron chi connectivity index (χ4n) is 9.72. The highest BCUT2D eigenvalue weighted by molar-refractivity contribution is 7.00. The van der Waals surface area contributed by atoms with Crippen molar-refractivity contribution >= 4 is 79.0 Å². The highest BCUT2D eigenvalue weighted by Gasteiger charge is 2.43. The summed E-state index contributed by atoms with van der Waals surface area (Å²) in [6.07, 6.45) is 0. The fraction of sp³-hybridized carbons (Fsp3) is 0. The Balaban J connectivity index is 1.03. The van der Waals surface area contributed by atoms with Gasteiger partial charge < -0.3 is 14.4 Å². The van der Waals surface area contributed by atoms with E-state index in [2.05, 4.69) is 233 Å². The van der Waals surface area contributed by atoms with E-state index in [1.807, 2.05) is 0 Å². The summed E-state index contributed by atoms with van der Waals surface area (Å²) in [6, 6.07) is 79.9. The highest BCUT2D eigenvalue weighted by Crippen LogP contribution is 2.46. The van der Waals surface area contributed by atoms with Gasteiger partial charge in [-0.15, -0.1) is 0 Å².